The molecule has 1 N–H and O–H groups in total. The van der Waals surface area contributed by atoms with Crippen LogP contribution in [0.5, 0.6) is 0 Å². The highest BCUT2D eigenvalue weighted by Crippen LogP contribution is 2.15. The molecule has 1 atom stereocenters. The number of rotatable bonds is 3. The van der Waals surface area contributed by atoms with Crippen LogP contribution in [0.1, 0.15) is 45.1 Å². The zero-order valence-electron chi connectivity index (χ0n) is 13.3. The van der Waals surface area contributed by atoms with Gasteiger partial charge in [0.05, 0.1) is 5.69 Å². The van der Waals surface area contributed by atoms with Crippen molar-refractivity contribution >= 4 is 6.09 Å². The van der Waals surface area contributed by atoms with Crippen molar-refractivity contribution in [1.29, 1.82) is 0 Å². The number of likely N-dealkylation sites (tertiary alicyclic amines) is 1. The molecule has 6 heteroatoms. The lowest BCUT2D eigenvalue weighted by atomic mass is 10.1. The van der Waals surface area contributed by atoms with Crippen LogP contribution in [0.4, 0.5) is 4.79 Å². The summed E-state index contributed by atoms with van der Waals surface area (Å²) >= 11 is 0. The fourth-order valence-corrected chi connectivity index (χ4v) is 2.39. The first-order valence-corrected chi connectivity index (χ1v) is 7.47. The minimum atomic E-state index is -0.449. The predicted octanol–water partition coefficient (Wildman–Crippen LogP) is 2.47. The van der Waals surface area contributed by atoms with E-state index in [0.717, 1.165) is 30.8 Å². The van der Waals surface area contributed by atoms with Crippen LogP contribution >= 0.6 is 0 Å². The molecule has 2 rings (SSSR count). The van der Waals surface area contributed by atoms with Crippen molar-refractivity contribution < 1.29 is 14.1 Å². The molecule has 118 valence electrons. The van der Waals surface area contributed by atoms with Crippen LogP contribution < -0.4 is 5.32 Å². The lowest BCUT2D eigenvalue weighted by Crippen LogP contribution is -2.49. The number of hydrogen-bond donors (Lipinski definition) is 1. The van der Waals surface area contributed by atoms with E-state index < -0.39 is 5.60 Å². The van der Waals surface area contributed by atoms with Crippen LogP contribution in [0.25, 0.3) is 0 Å². The Bertz CT molecular complexity index is 479. The topological polar surface area (TPSA) is 67.6 Å². The number of hydrogen-bond acceptors (Lipinski definition) is 5. The molecule has 1 amide bonds. The average molecular weight is 295 g/mol. The molecule has 1 aliphatic rings. The quantitative estimate of drug-likeness (QED) is 0.928. The van der Waals surface area contributed by atoms with Crippen LogP contribution in [-0.4, -0.2) is 40.9 Å². The molecular formula is C15H25N3O3. The summed E-state index contributed by atoms with van der Waals surface area (Å²) in [6.45, 7) is 9.62. The second kappa shape index (κ2) is 6.47. The number of carbonyl (C=O) groups is 1. The summed E-state index contributed by atoms with van der Waals surface area (Å²) in [6.07, 6.45) is 1.80. The number of ether oxygens (including phenoxy) is 1. The van der Waals surface area contributed by atoms with Gasteiger partial charge in [0, 0.05) is 31.7 Å². The van der Waals surface area contributed by atoms with Crippen LogP contribution in [0.2, 0.25) is 0 Å². The third kappa shape index (κ3) is 5.04. The van der Waals surface area contributed by atoms with Gasteiger partial charge in [-0.3, -0.25) is 0 Å². The molecule has 1 fully saturated rings. The number of piperidine rings is 1. The summed E-state index contributed by atoms with van der Waals surface area (Å²) in [6, 6.07) is 2.19. The normalized spacial score (nSPS) is 19.6. The van der Waals surface area contributed by atoms with Crippen LogP contribution in [-0.2, 0) is 11.3 Å². The number of nitrogens with zero attached hydrogens (tertiary/aromatic N) is 2. The maximum atomic E-state index is 12.1. The molecule has 1 aliphatic heterocycles. The second-order valence-electron chi connectivity index (χ2n) is 6.58. The van der Waals surface area contributed by atoms with E-state index in [1.54, 1.807) is 4.90 Å². The fourth-order valence-electron chi connectivity index (χ4n) is 2.39. The van der Waals surface area contributed by atoms with Gasteiger partial charge >= 0.3 is 6.09 Å². The van der Waals surface area contributed by atoms with Gasteiger partial charge in [0.15, 0.2) is 0 Å². The lowest BCUT2D eigenvalue weighted by molar-refractivity contribution is 0.0187. The summed E-state index contributed by atoms with van der Waals surface area (Å²) in [4.78, 5) is 13.9. The van der Waals surface area contributed by atoms with Gasteiger partial charge in [-0.25, -0.2) is 4.79 Å². The van der Waals surface area contributed by atoms with Crippen molar-refractivity contribution in [3.63, 3.8) is 0 Å². The molecule has 0 bridgehead atoms. The number of carbonyl (C=O) groups excluding carboxylic acids is 1. The van der Waals surface area contributed by atoms with Gasteiger partial charge in [-0.05, 0) is 40.5 Å². The van der Waals surface area contributed by atoms with E-state index in [0.29, 0.717) is 13.1 Å². The summed E-state index contributed by atoms with van der Waals surface area (Å²) in [5.41, 5.74) is 0.442. The van der Waals surface area contributed by atoms with Crippen LogP contribution in [0, 0.1) is 6.92 Å². The zero-order chi connectivity index (χ0) is 15.5. The molecule has 0 aliphatic carbocycles. The summed E-state index contributed by atoms with van der Waals surface area (Å²) in [5.74, 6) is 0.811. The van der Waals surface area contributed by atoms with Crippen molar-refractivity contribution in [3.8, 4) is 0 Å². The monoisotopic (exact) mass is 295 g/mol. The summed E-state index contributed by atoms with van der Waals surface area (Å²) in [7, 11) is 0. The van der Waals surface area contributed by atoms with Crippen LogP contribution in [0.15, 0.2) is 10.6 Å². The Kier molecular flexibility index (Phi) is 4.88. The molecule has 6 nitrogen and oxygen atoms in total. The summed E-state index contributed by atoms with van der Waals surface area (Å²) in [5, 5.41) is 7.39. The molecule has 1 unspecified atom stereocenters. The molecule has 1 aromatic heterocycles. The van der Waals surface area contributed by atoms with E-state index in [2.05, 4.69) is 10.5 Å². The van der Waals surface area contributed by atoms with E-state index in [1.807, 2.05) is 33.8 Å². The number of aryl methyl sites for hydroxylation is 1. The van der Waals surface area contributed by atoms with E-state index in [9.17, 15) is 4.79 Å². The number of amides is 1. The van der Waals surface area contributed by atoms with Crippen molar-refractivity contribution in [2.45, 2.75) is 58.7 Å². The smallest absolute Gasteiger partial charge is 0.410 e. The van der Waals surface area contributed by atoms with Gasteiger partial charge in [-0.1, -0.05) is 5.16 Å². The van der Waals surface area contributed by atoms with Gasteiger partial charge in [0.25, 0.3) is 0 Å². The molecule has 0 spiro atoms. The van der Waals surface area contributed by atoms with E-state index in [4.69, 9.17) is 9.26 Å². The number of nitrogens with one attached hydrogen (secondary N) is 1. The largest absolute Gasteiger partial charge is 0.444 e. The molecule has 0 saturated carbocycles. The highest BCUT2D eigenvalue weighted by Gasteiger charge is 2.27. The molecule has 21 heavy (non-hydrogen) atoms. The fraction of sp³-hybridized carbons (Fsp3) is 0.733. The van der Waals surface area contributed by atoms with Crippen molar-refractivity contribution in [3.05, 3.63) is 17.5 Å². The van der Waals surface area contributed by atoms with Gasteiger partial charge < -0.3 is 19.5 Å². The number of aromatic nitrogens is 1. The van der Waals surface area contributed by atoms with E-state index in [-0.39, 0.29) is 12.1 Å². The highest BCUT2D eigenvalue weighted by molar-refractivity contribution is 5.68. The summed E-state index contributed by atoms with van der Waals surface area (Å²) < 4.78 is 10.5. The molecule has 0 aromatic carbocycles. The molecule has 2 heterocycles. The third-order valence-electron chi connectivity index (χ3n) is 3.32. The Hall–Kier alpha value is -1.56. The van der Waals surface area contributed by atoms with Crippen LogP contribution in [0.3, 0.4) is 0 Å². The Labute approximate surface area is 125 Å². The van der Waals surface area contributed by atoms with E-state index in [1.165, 1.54) is 0 Å². The van der Waals surface area contributed by atoms with Crippen molar-refractivity contribution in [2.24, 2.45) is 0 Å². The third-order valence-corrected chi connectivity index (χ3v) is 3.32. The Morgan fingerprint density at radius 3 is 2.95 bits per heavy atom. The SMILES string of the molecule is Cc1cc(CNC2CCCN(C(=O)OC(C)(C)C)C2)no1. The highest BCUT2D eigenvalue weighted by atomic mass is 16.6. The molecule has 1 aromatic rings. The molecule has 0 radical (unpaired) electrons. The first-order valence-electron chi connectivity index (χ1n) is 7.47. The maximum Gasteiger partial charge on any atom is 0.410 e. The minimum absolute atomic E-state index is 0.230. The van der Waals surface area contributed by atoms with Crippen molar-refractivity contribution in [2.75, 3.05) is 13.1 Å². The second-order valence-corrected chi connectivity index (χ2v) is 6.58. The van der Waals surface area contributed by atoms with Gasteiger partial charge in [-0.15, -0.1) is 0 Å². The first kappa shape index (κ1) is 15.8. The standard InChI is InChI=1S/C15H25N3O3/c1-11-8-13(17-21-11)9-16-12-6-5-7-18(10-12)14(19)20-15(2,3)4/h8,12,16H,5-7,9-10H2,1-4H3. The molecular weight excluding hydrogens is 270 g/mol. The van der Waals surface area contributed by atoms with Gasteiger partial charge in [0.1, 0.15) is 11.4 Å². The minimum Gasteiger partial charge on any atom is -0.444 e. The lowest BCUT2D eigenvalue weighted by Gasteiger charge is -2.34. The van der Waals surface area contributed by atoms with Crippen molar-refractivity contribution in [1.82, 2.24) is 15.4 Å². The Balaban J connectivity index is 1.81. The first-order chi connectivity index (χ1) is 9.83. The predicted molar refractivity (Wildman–Crippen MR) is 78.9 cm³/mol. The zero-order valence-corrected chi connectivity index (χ0v) is 13.3. The maximum absolute atomic E-state index is 12.1. The van der Waals surface area contributed by atoms with Gasteiger partial charge in [-0.2, -0.15) is 0 Å². The Morgan fingerprint density at radius 1 is 1.57 bits per heavy atom. The van der Waals surface area contributed by atoms with E-state index >= 15 is 0 Å². The molecule has 1 saturated heterocycles. The van der Waals surface area contributed by atoms with Gasteiger partial charge in [0.2, 0.25) is 0 Å². The average Bonchev–Trinajstić information content (AvgIpc) is 2.81. The Morgan fingerprint density at radius 2 is 2.33 bits per heavy atom.